The van der Waals surface area contributed by atoms with Crippen molar-refractivity contribution in [3.63, 3.8) is 0 Å². The van der Waals surface area contributed by atoms with E-state index in [-0.39, 0.29) is 11.2 Å². The number of fused-ring (bicyclic) bond motifs is 1. The van der Waals surface area contributed by atoms with E-state index in [9.17, 15) is 9.90 Å². The number of phenols is 1. The number of benzene rings is 1. The van der Waals surface area contributed by atoms with Crippen molar-refractivity contribution in [2.45, 2.75) is 58.3 Å². The lowest BCUT2D eigenvalue weighted by atomic mass is 10.1. The quantitative estimate of drug-likeness (QED) is 0.710. The molecule has 0 aliphatic heterocycles. The second-order valence-corrected chi connectivity index (χ2v) is 5.63. The summed E-state index contributed by atoms with van der Waals surface area (Å²) in [5.41, 5.74) is 0.439. The fourth-order valence-corrected chi connectivity index (χ4v) is 2.57. The second kappa shape index (κ2) is 7.87. The van der Waals surface area contributed by atoms with E-state index in [0.29, 0.717) is 16.7 Å². The molecule has 0 radical (unpaired) electrons. The number of aromatic hydroxyl groups is 1. The summed E-state index contributed by atoms with van der Waals surface area (Å²) in [4.78, 5) is 12.0. The molecular weight excluding hydrogens is 264 g/mol. The molecule has 0 spiro atoms. The van der Waals surface area contributed by atoms with Gasteiger partial charge in [-0.25, -0.2) is 0 Å². The molecule has 0 aliphatic carbocycles. The zero-order valence-corrected chi connectivity index (χ0v) is 12.7. The molecule has 114 valence electrons. The van der Waals surface area contributed by atoms with Gasteiger partial charge in [0.15, 0.2) is 5.43 Å². The molecule has 2 rings (SSSR count). The fraction of sp³-hybridized carbons (Fsp3) is 0.500. The van der Waals surface area contributed by atoms with Crippen LogP contribution in [-0.2, 0) is 6.42 Å². The minimum atomic E-state index is -0.0332. The third-order valence-electron chi connectivity index (χ3n) is 3.79. The van der Waals surface area contributed by atoms with Crippen molar-refractivity contribution < 1.29 is 9.52 Å². The monoisotopic (exact) mass is 288 g/mol. The first-order chi connectivity index (χ1) is 10.2. The average Bonchev–Trinajstić information content (AvgIpc) is 2.46. The molecule has 0 atom stereocenters. The molecular formula is C18H24O3. The van der Waals surface area contributed by atoms with E-state index in [0.717, 1.165) is 12.8 Å². The maximum absolute atomic E-state index is 12.0. The Kier molecular flexibility index (Phi) is 5.85. The Labute approximate surface area is 125 Å². The van der Waals surface area contributed by atoms with Gasteiger partial charge in [-0.15, -0.1) is 0 Å². The van der Waals surface area contributed by atoms with Crippen molar-refractivity contribution in [2.24, 2.45) is 0 Å². The summed E-state index contributed by atoms with van der Waals surface area (Å²) in [6.45, 7) is 2.22. The van der Waals surface area contributed by atoms with Crippen LogP contribution in [-0.4, -0.2) is 5.11 Å². The predicted octanol–water partition coefficient (Wildman–Crippen LogP) is 4.79. The molecule has 0 saturated heterocycles. The molecule has 3 nitrogen and oxygen atoms in total. The molecule has 0 fully saturated rings. The minimum Gasteiger partial charge on any atom is -0.508 e. The molecule has 21 heavy (non-hydrogen) atoms. The van der Waals surface area contributed by atoms with E-state index in [1.165, 1.54) is 50.7 Å². The van der Waals surface area contributed by atoms with Crippen LogP contribution in [0.25, 0.3) is 11.0 Å². The van der Waals surface area contributed by atoms with Crippen LogP contribution >= 0.6 is 0 Å². The number of rotatable bonds is 8. The Morgan fingerprint density at radius 3 is 2.48 bits per heavy atom. The van der Waals surface area contributed by atoms with Gasteiger partial charge in [0.25, 0.3) is 0 Å². The fourth-order valence-electron chi connectivity index (χ4n) is 2.57. The van der Waals surface area contributed by atoms with E-state index in [1.807, 2.05) is 0 Å². The van der Waals surface area contributed by atoms with Gasteiger partial charge in [-0.2, -0.15) is 0 Å². The summed E-state index contributed by atoms with van der Waals surface area (Å²) >= 11 is 0. The largest absolute Gasteiger partial charge is 0.508 e. The van der Waals surface area contributed by atoms with Crippen LogP contribution in [0.15, 0.2) is 33.5 Å². The number of hydrogen-bond donors (Lipinski definition) is 1. The lowest BCUT2D eigenvalue weighted by Crippen LogP contribution is -2.02. The highest BCUT2D eigenvalue weighted by Gasteiger charge is 2.05. The van der Waals surface area contributed by atoms with Crippen LogP contribution in [0.1, 0.15) is 57.6 Å². The van der Waals surface area contributed by atoms with Crippen LogP contribution in [0, 0.1) is 0 Å². The van der Waals surface area contributed by atoms with Crippen LogP contribution in [0.4, 0.5) is 0 Å². The minimum absolute atomic E-state index is 0.0332. The SMILES string of the molecule is CCCCCCCCCc1cc(=O)c2ccc(O)cc2o1. The number of phenolic OH excluding ortho intramolecular Hbond substituents is 1. The third kappa shape index (κ3) is 4.62. The highest BCUT2D eigenvalue weighted by Crippen LogP contribution is 2.19. The van der Waals surface area contributed by atoms with Gasteiger partial charge in [0.1, 0.15) is 17.1 Å². The predicted molar refractivity (Wildman–Crippen MR) is 85.8 cm³/mol. The first kappa shape index (κ1) is 15.6. The van der Waals surface area contributed by atoms with Crippen molar-refractivity contribution >= 4 is 11.0 Å². The van der Waals surface area contributed by atoms with Crippen LogP contribution < -0.4 is 5.43 Å². The Bertz CT molecular complexity index is 628. The Morgan fingerprint density at radius 2 is 1.71 bits per heavy atom. The Morgan fingerprint density at radius 1 is 1.00 bits per heavy atom. The maximum atomic E-state index is 12.0. The second-order valence-electron chi connectivity index (χ2n) is 5.63. The maximum Gasteiger partial charge on any atom is 0.192 e. The first-order valence-electron chi connectivity index (χ1n) is 7.96. The molecule has 0 bridgehead atoms. The molecule has 3 heteroatoms. The van der Waals surface area contributed by atoms with Gasteiger partial charge in [-0.05, 0) is 18.6 Å². The van der Waals surface area contributed by atoms with E-state index in [2.05, 4.69) is 6.92 Å². The smallest absolute Gasteiger partial charge is 0.192 e. The van der Waals surface area contributed by atoms with Crippen molar-refractivity contribution in [1.82, 2.24) is 0 Å². The normalized spacial score (nSPS) is 11.1. The van der Waals surface area contributed by atoms with Crippen molar-refractivity contribution in [3.05, 3.63) is 40.2 Å². The van der Waals surface area contributed by atoms with Gasteiger partial charge in [-0.1, -0.05) is 45.4 Å². The molecule has 1 aromatic heterocycles. The van der Waals surface area contributed by atoms with Crippen LogP contribution in [0.2, 0.25) is 0 Å². The summed E-state index contributed by atoms with van der Waals surface area (Å²) in [7, 11) is 0. The van der Waals surface area contributed by atoms with Crippen molar-refractivity contribution in [1.29, 1.82) is 0 Å². The zero-order chi connectivity index (χ0) is 15.1. The first-order valence-corrected chi connectivity index (χ1v) is 7.96. The number of aryl methyl sites for hydroxylation is 1. The molecule has 1 N–H and O–H groups in total. The molecule has 1 aromatic carbocycles. The number of hydrogen-bond acceptors (Lipinski definition) is 3. The number of unbranched alkanes of at least 4 members (excludes halogenated alkanes) is 6. The summed E-state index contributed by atoms with van der Waals surface area (Å²) in [5.74, 6) is 0.838. The lowest BCUT2D eigenvalue weighted by Gasteiger charge is -2.04. The Balaban J connectivity index is 1.89. The van der Waals surface area contributed by atoms with Gasteiger partial charge < -0.3 is 9.52 Å². The van der Waals surface area contributed by atoms with Crippen LogP contribution in [0.5, 0.6) is 5.75 Å². The van der Waals surface area contributed by atoms with Gasteiger partial charge >= 0.3 is 0 Å². The Hall–Kier alpha value is -1.77. The van der Waals surface area contributed by atoms with Gasteiger partial charge in [0, 0.05) is 18.6 Å². The highest BCUT2D eigenvalue weighted by atomic mass is 16.3. The highest BCUT2D eigenvalue weighted by molar-refractivity contribution is 5.77. The van der Waals surface area contributed by atoms with E-state index >= 15 is 0 Å². The summed E-state index contributed by atoms with van der Waals surface area (Å²) in [5, 5.41) is 9.99. The molecule has 2 aromatic rings. The van der Waals surface area contributed by atoms with E-state index in [4.69, 9.17) is 4.42 Å². The standard InChI is InChI=1S/C18H24O3/c1-2-3-4-5-6-7-8-9-15-13-17(20)16-11-10-14(19)12-18(16)21-15/h10-13,19H,2-9H2,1H3. The molecule has 1 heterocycles. The van der Waals surface area contributed by atoms with E-state index in [1.54, 1.807) is 12.1 Å². The van der Waals surface area contributed by atoms with Crippen molar-refractivity contribution in [2.75, 3.05) is 0 Å². The summed E-state index contributed by atoms with van der Waals surface area (Å²) < 4.78 is 5.71. The topological polar surface area (TPSA) is 50.4 Å². The molecule has 0 unspecified atom stereocenters. The molecule has 0 amide bonds. The third-order valence-corrected chi connectivity index (χ3v) is 3.79. The van der Waals surface area contributed by atoms with Crippen molar-refractivity contribution in [3.8, 4) is 5.75 Å². The van der Waals surface area contributed by atoms with Crippen LogP contribution in [0.3, 0.4) is 0 Å². The van der Waals surface area contributed by atoms with Gasteiger partial charge in [-0.3, -0.25) is 4.79 Å². The molecule has 0 saturated carbocycles. The summed E-state index contributed by atoms with van der Waals surface area (Å²) in [6, 6.07) is 6.20. The van der Waals surface area contributed by atoms with E-state index < -0.39 is 0 Å². The van der Waals surface area contributed by atoms with Gasteiger partial charge in [0.05, 0.1) is 5.39 Å². The zero-order valence-electron chi connectivity index (χ0n) is 12.7. The van der Waals surface area contributed by atoms with Gasteiger partial charge in [0.2, 0.25) is 0 Å². The average molecular weight is 288 g/mol. The lowest BCUT2D eigenvalue weighted by molar-refractivity contribution is 0.471. The summed E-state index contributed by atoms with van der Waals surface area (Å²) in [6.07, 6.45) is 9.46. The molecule has 0 aliphatic rings.